The van der Waals surface area contributed by atoms with Crippen LogP contribution in [0.15, 0.2) is 12.2 Å². The maximum absolute atomic E-state index is 12.1. The van der Waals surface area contributed by atoms with Crippen LogP contribution in [0.1, 0.15) is 54.9 Å². The quantitative estimate of drug-likeness (QED) is 0.759. The normalized spacial score (nSPS) is 35.1. The number of aliphatic carboxylic acids is 1. The third kappa shape index (κ3) is 2.65. The van der Waals surface area contributed by atoms with Gasteiger partial charge < -0.3 is 10.8 Å². The Kier molecular flexibility index (Phi) is 4.46. The molecule has 4 atom stereocenters. The van der Waals surface area contributed by atoms with Crippen molar-refractivity contribution in [1.29, 1.82) is 0 Å². The van der Waals surface area contributed by atoms with E-state index in [1.807, 2.05) is 13.0 Å². The number of carboxylic acid groups (broad SMARTS) is 1. The van der Waals surface area contributed by atoms with Crippen molar-refractivity contribution >= 4 is 5.97 Å². The molecule has 0 aliphatic heterocycles. The summed E-state index contributed by atoms with van der Waals surface area (Å²) in [4.78, 5) is 12.1. The Morgan fingerprint density at radius 1 is 1.15 bits per heavy atom. The fourth-order valence-corrected chi connectivity index (χ4v) is 4.03. The van der Waals surface area contributed by atoms with Crippen molar-refractivity contribution < 1.29 is 9.90 Å². The molecule has 20 heavy (non-hydrogen) atoms. The summed E-state index contributed by atoms with van der Waals surface area (Å²) < 4.78 is 0. The van der Waals surface area contributed by atoms with Crippen LogP contribution in [0.25, 0.3) is 0 Å². The third-order valence-corrected chi connectivity index (χ3v) is 4.95. The van der Waals surface area contributed by atoms with Gasteiger partial charge in [0.15, 0.2) is 0 Å². The second-order valence-corrected chi connectivity index (χ2v) is 8.35. The van der Waals surface area contributed by atoms with Crippen LogP contribution in [-0.4, -0.2) is 17.1 Å². The van der Waals surface area contributed by atoms with Crippen molar-refractivity contribution in [2.45, 2.75) is 60.9 Å². The van der Waals surface area contributed by atoms with E-state index < -0.39 is 17.4 Å². The van der Waals surface area contributed by atoms with Crippen LogP contribution in [0, 0.1) is 28.1 Å². The molecule has 0 saturated carbocycles. The second kappa shape index (κ2) is 5.18. The van der Waals surface area contributed by atoms with E-state index in [-0.39, 0.29) is 22.7 Å². The highest BCUT2D eigenvalue weighted by molar-refractivity contribution is 5.77. The molecule has 0 radical (unpaired) electrons. The Balaban J connectivity index is 3.55. The Hall–Kier alpha value is -0.830. The molecule has 0 aromatic carbocycles. The lowest BCUT2D eigenvalue weighted by atomic mass is 9.49. The molecular weight excluding hydrogens is 250 g/mol. The lowest BCUT2D eigenvalue weighted by molar-refractivity contribution is -0.163. The fourth-order valence-electron chi connectivity index (χ4n) is 4.03. The number of allylic oxidation sites excluding steroid dienone is 1. The van der Waals surface area contributed by atoms with Gasteiger partial charge >= 0.3 is 5.97 Å². The molecule has 0 spiro atoms. The van der Waals surface area contributed by atoms with Crippen molar-refractivity contribution in [2.75, 3.05) is 0 Å². The Bertz CT molecular complexity index is 400. The molecule has 0 saturated heterocycles. The lowest BCUT2D eigenvalue weighted by Crippen LogP contribution is -2.60. The summed E-state index contributed by atoms with van der Waals surface area (Å²) in [5, 5.41) is 9.96. The highest BCUT2D eigenvalue weighted by atomic mass is 16.4. The minimum Gasteiger partial charge on any atom is -0.481 e. The molecule has 3 nitrogen and oxygen atoms in total. The summed E-state index contributed by atoms with van der Waals surface area (Å²) in [7, 11) is 0. The van der Waals surface area contributed by atoms with Gasteiger partial charge in [-0.3, -0.25) is 4.79 Å². The zero-order valence-electron chi connectivity index (χ0n) is 14.0. The molecular formula is C17H31NO2. The summed E-state index contributed by atoms with van der Waals surface area (Å²) in [6, 6.07) is -0.423. The van der Waals surface area contributed by atoms with E-state index in [0.717, 1.165) is 0 Å². The van der Waals surface area contributed by atoms with Crippen LogP contribution in [0.3, 0.4) is 0 Å². The molecule has 0 heterocycles. The van der Waals surface area contributed by atoms with Crippen LogP contribution in [0.5, 0.6) is 0 Å². The largest absolute Gasteiger partial charge is 0.481 e. The van der Waals surface area contributed by atoms with E-state index in [4.69, 9.17) is 5.73 Å². The number of nitrogens with two attached hydrogens (primary N) is 1. The first-order valence-electron chi connectivity index (χ1n) is 7.56. The van der Waals surface area contributed by atoms with E-state index in [0.29, 0.717) is 6.42 Å². The zero-order valence-corrected chi connectivity index (χ0v) is 14.0. The number of hydrogen-bond acceptors (Lipinski definition) is 2. The second-order valence-electron chi connectivity index (χ2n) is 8.35. The predicted octanol–water partition coefficient (Wildman–Crippen LogP) is 3.69. The highest BCUT2D eigenvalue weighted by Gasteiger charge is 2.58. The molecule has 1 aliphatic rings. The van der Waals surface area contributed by atoms with Gasteiger partial charge in [-0.15, -0.1) is 0 Å². The van der Waals surface area contributed by atoms with Gasteiger partial charge in [-0.1, -0.05) is 60.6 Å². The molecule has 116 valence electrons. The summed E-state index contributed by atoms with van der Waals surface area (Å²) >= 11 is 0. The van der Waals surface area contributed by atoms with Gasteiger partial charge in [-0.25, -0.2) is 0 Å². The molecule has 0 bridgehead atoms. The number of carbonyl (C=O) groups is 1. The van der Waals surface area contributed by atoms with Crippen molar-refractivity contribution in [1.82, 2.24) is 0 Å². The van der Waals surface area contributed by atoms with Crippen molar-refractivity contribution in [3.63, 3.8) is 0 Å². The third-order valence-electron chi connectivity index (χ3n) is 4.95. The van der Waals surface area contributed by atoms with Gasteiger partial charge in [0.05, 0.1) is 5.41 Å². The maximum atomic E-state index is 12.1. The molecule has 0 aromatic heterocycles. The minimum atomic E-state index is -0.884. The first-order chi connectivity index (χ1) is 8.89. The Labute approximate surface area is 123 Å². The molecule has 4 unspecified atom stereocenters. The molecule has 0 aromatic rings. The monoisotopic (exact) mass is 281 g/mol. The summed E-state index contributed by atoms with van der Waals surface area (Å²) in [6.07, 6.45) is 4.62. The summed E-state index contributed by atoms with van der Waals surface area (Å²) in [6.45, 7) is 14.9. The van der Waals surface area contributed by atoms with E-state index in [1.54, 1.807) is 0 Å². The predicted molar refractivity (Wildman–Crippen MR) is 83.4 cm³/mol. The minimum absolute atomic E-state index is 0.0116. The molecule has 3 heteroatoms. The van der Waals surface area contributed by atoms with E-state index in [1.165, 1.54) is 0 Å². The van der Waals surface area contributed by atoms with Crippen molar-refractivity contribution in [3.05, 3.63) is 12.2 Å². The number of hydrogen-bond donors (Lipinski definition) is 2. The van der Waals surface area contributed by atoms with Gasteiger partial charge in [0.2, 0.25) is 0 Å². The molecule has 1 rings (SSSR count). The van der Waals surface area contributed by atoms with E-state index in [2.05, 4.69) is 47.6 Å². The summed E-state index contributed by atoms with van der Waals surface area (Å²) in [5.41, 5.74) is 5.27. The SMILES string of the molecule is CCC1(C(=O)O)C(N)C=CC(C(C)(C)C)C1C(C)(C)C. The van der Waals surface area contributed by atoms with Crippen LogP contribution in [0.4, 0.5) is 0 Å². The maximum Gasteiger partial charge on any atom is 0.311 e. The Morgan fingerprint density at radius 2 is 1.65 bits per heavy atom. The van der Waals surface area contributed by atoms with Crippen LogP contribution < -0.4 is 5.73 Å². The highest BCUT2D eigenvalue weighted by Crippen LogP contribution is 2.56. The van der Waals surface area contributed by atoms with Crippen LogP contribution in [0.2, 0.25) is 0 Å². The molecule has 0 amide bonds. The van der Waals surface area contributed by atoms with Gasteiger partial charge in [0, 0.05) is 6.04 Å². The van der Waals surface area contributed by atoms with Crippen molar-refractivity contribution in [3.8, 4) is 0 Å². The molecule has 3 N–H and O–H groups in total. The standard InChI is InChI=1S/C17H31NO2/c1-8-17(14(19)20)12(18)10-9-11(15(2,3)4)13(17)16(5,6)7/h9-13H,8,18H2,1-7H3,(H,19,20). The van der Waals surface area contributed by atoms with Gasteiger partial charge in [-0.05, 0) is 29.1 Å². The van der Waals surface area contributed by atoms with Crippen LogP contribution in [-0.2, 0) is 4.79 Å². The van der Waals surface area contributed by atoms with Gasteiger partial charge in [-0.2, -0.15) is 0 Å². The smallest absolute Gasteiger partial charge is 0.311 e. The summed E-state index contributed by atoms with van der Waals surface area (Å²) in [5.74, 6) is -0.540. The first kappa shape index (κ1) is 17.2. The van der Waals surface area contributed by atoms with Gasteiger partial charge in [0.1, 0.15) is 0 Å². The Morgan fingerprint density at radius 3 is 1.95 bits per heavy atom. The number of carboxylic acids is 1. The topological polar surface area (TPSA) is 63.3 Å². The zero-order chi connectivity index (χ0) is 15.9. The molecule has 0 fully saturated rings. The van der Waals surface area contributed by atoms with Gasteiger partial charge in [0.25, 0.3) is 0 Å². The average molecular weight is 281 g/mol. The molecule has 1 aliphatic carbocycles. The van der Waals surface area contributed by atoms with E-state index in [9.17, 15) is 9.90 Å². The van der Waals surface area contributed by atoms with Crippen molar-refractivity contribution in [2.24, 2.45) is 33.8 Å². The van der Waals surface area contributed by atoms with E-state index >= 15 is 0 Å². The first-order valence-corrected chi connectivity index (χ1v) is 7.56. The fraction of sp³-hybridized carbons (Fsp3) is 0.824. The lowest BCUT2D eigenvalue weighted by Gasteiger charge is -2.55. The number of rotatable bonds is 2. The average Bonchev–Trinajstić information content (AvgIpc) is 2.25. The van der Waals surface area contributed by atoms with Crippen LogP contribution >= 0.6 is 0 Å².